The normalized spacial score (nSPS) is 28.5. The van der Waals surface area contributed by atoms with Crippen LogP contribution in [0.4, 0.5) is 0 Å². The van der Waals surface area contributed by atoms with Crippen LogP contribution in [-0.4, -0.2) is 61.6 Å². The SMILES string of the molecule is COc1cc2c(cc1OC)[C@@H]1C[C@H](N)[C@@H](N3CCC=CC3=O)CN1CC2. The van der Waals surface area contributed by atoms with Gasteiger partial charge in [0.1, 0.15) is 0 Å². The summed E-state index contributed by atoms with van der Waals surface area (Å²) in [7, 11) is 3.34. The molecular formula is C20H27N3O3. The lowest BCUT2D eigenvalue weighted by molar-refractivity contribution is -0.131. The van der Waals surface area contributed by atoms with Gasteiger partial charge in [0.15, 0.2) is 11.5 Å². The Hall–Kier alpha value is -2.05. The summed E-state index contributed by atoms with van der Waals surface area (Å²) in [6.07, 6.45) is 6.37. The van der Waals surface area contributed by atoms with Gasteiger partial charge in [0.05, 0.1) is 20.3 Å². The maximum atomic E-state index is 12.3. The van der Waals surface area contributed by atoms with Crippen LogP contribution < -0.4 is 15.2 Å². The van der Waals surface area contributed by atoms with Crippen LogP contribution in [0.15, 0.2) is 24.3 Å². The average Bonchev–Trinajstić information content (AvgIpc) is 2.67. The summed E-state index contributed by atoms with van der Waals surface area (Å²) in [5.74, 6) is 1.64. The molecule has 0 aliphatic carbocycles. The second kappa shape index (κ2) is 6.93. The van der Waals surface area contributed by atoms with Crippen molar-refractivity contribution in [3.63, 3.8) is 0 Å². The summed E-state index contributed by atoms with van der Waals surface area (Å²) in [5.41, 5.74) is 9.16. The van der Waals surface area contributed by atoms with Crippen molar-refractivity contribution in [2.75, 3.05) is 33.9 Å². The second-order valence-electron chi connectivity index (χ2n) is 7.36. The maximum absolute atomic E-state index is 12.3. The molecular weight excluding hydrogens is 330 g/mol. The molecule has 3 aliphatic rings. The van der Waals surface area contributed by atoms with Crippen molar-refractivity contribution < 1.29 is 14.3 Å². The Morgan fingerprint density at radius 3 is 2.65 bits per heavy atom. The molecule has 0 radical (unpaired) electrons. The zero-order chi connectivity index (χ0) is 18.3. The smallest absolute Gasteiger partial charge is 0.246 e. The number of methoxy groups -OCH3 is 2. The number of amides is 1. The monoisotopic (exact) mass is 357 g/mol. The number of nitrogens with two attached hydrogens (primary N) is 1. The Bertz CT molecular complexity index is 733. The van der Waals surface area contributed by atoms with E-state index in [-0.39, 0.29) is 24.0 Å². The van der Waals surface area contributed by atoms with Gasteiger partial charge in [-0.3, -0.25) is 9.69 Å². The van der Waals surface area contributed by atoms with Crippen LogP contribution in [0.1, 0.15) is 30.0 Å². The highest BCUT2D eigenvalue weighted by Crippen LogP contribution is 2.42. The summed E-state index contributed by atoms with van der Waals surface area (Å²) in [6.45, 7) is 2.58. The Morgan fingerprint density at radius 1 is 1.15 bits per heavy atom. The number of carbonyl (C=O) groups excluding carboxylic acids is 1. The van der Waals surface area contributed by atoms with Gasteiger partial charge in [-0.05, 0) is 48.6 Å². The van der Waals surface area contributed by atoms with Crippen LogP contribution in [0.5, 0.6) is 11.5 Å². The third-order valence-corrected chi connectivity index (χ3v) is 6.01. The van der Waals surface area contributed by atoms with Crippen LogP contribution in [0.25, 0.3) is 0 Å². The fraction of sp³-hybridized carbons (Fsp3) is 0.550. The molecule has 140 valence electrons. The van der Waals surface area contributed by atoms with E-state index in [1.807, 2.05) is 11.0 Å². The summed E-state index contributed by atoms with van der Waals surface area (Å²) in [5, 5.41) is 0. The van der Waals surface area contributed by atoms with Crippen molar-refractivity contribution in [2.45, 2.75) is 37.4 Å². The Kier molecular flexibility index (Phi) is 4.63. The van der Waals surface area contributed by atoms with Crippen LogP contribution in [0.2, 0.25) is 0 Å². The molecule has 3 aliphatic heterocycles. The first-order valence-electron chi connectivity index (χ1n) is 9.34. The van der Waals surface area contributed by atoms with Crippen LogP contribution in [-0.2, 0) is 11.2 Å². The Labute approximate surface area is 154 Å². The minimum absolute atomic E-state index is 0.0225. The lowest BCUT2D eigenvalue weighted by atomic mass is 9.82. The Morgan fingerprint density at radius 2 is 1.92 bits per heavy atom. The molecule has 0 spiro atoms. The van der Waals surface area contributed by atoms with E-state index in [9.17, 15) is 4.79 Å². The third kappa shape index (κ3) is 2.87. The molecule has 3 heterocycles. The van der Waals surface area contributed by atoms with E-state index in [1.54, 1.807) is 20.3 Å². The molecule has 0 bridgehead atoms. The third-order valence-electron chi connectivity index (χ3n) is 6.01. The molecule has 6 nitrogen and oxygen atoms in total. The predicted molar refractivity (Wildman–Crippen MR) is 99.4 cm³/mol. The van der Waals surface area contributed by atoms with E-state index in [4.69, 9.17) is 15.2 Å². The zero-order valence-corrected chi connectivity index (χ0v) is 15.5. The summed E-state index contributed by atoms with van der Waals surface area (Å²) >= 11 is 0. The summed E-state index contributed by atoms with van der Waals surface area (Å²) < 4.78 is 11.0. The van der Waals surface area contributed by atoms with Gasteiger partial charge < -0.3 is 20.1 Å². The molecule has 2 N–H and O–H groups in total. The van der Waals surface area contributed by atoms with E-state index in [1.165, 1.54) is 11.1 Å². The van der Waals surface area contributed by atoms with Crippen molar-refractivity contribution >= 4 is 5.91 Å². The van der Waals surface area contributed by atoms with Gasteiger partial charge in [0.2, 0.25) is 5.91 Å². The topological polar surface area (TPSA) is 68.0 Å². The number of piperidine rings is 1. The minimum Gasteiger partial charge on any atom is -0.493 e. The molecule has 1 amide bonds. The van der Waals surface area contributed by atoms with E-state index in [2.05, 4.69) is 17.0 Å². The molecule has 0 unspecified atom stereocenters. The van der Waals surface area contributed by atoms with Crippen LogP contribution >= 0.6 is 0 Å². The number of benzene rings is 1. The fourth-order valence-electron chi connectivity index (χ4n) is 4.63. The number of ether oxygens (including phenoxy) is 2. The molecule has 26 heavy (non-hydrogen) atoms. The van der Waals surface area contributed by atoms with Gasteiger partial charge in [0.25, 0.3) is 0 Å². The van der Waals surface area contributed by atoms with Crippen molar-refractivity contribution in [3.05, 3.63) is 35.4 Å². The lowest BCUT2D eigenvalue weighted by Gasteiger charge is -2.49. The molecule has 1 aromatic rings. The van der Waals surface area contributed by atoms with E-state index < -0.39 is 0 Å². The number of hydrogen-bond acceptors (Lipinski definition) is 5. The number of hydrogen-bond donors (Lipinski definition) is 1. The fourth-order valence-corrected chi connectivity index (χ4v) is 4.63. The molecule has 0 aromatic heterocycles. The number of carbonyl (C=O) groups is 1. The van der Waals surface area contributed by atoms with Gasteiger partial charge in [0, 0.05) is 31.7 Å². The van der Waals surface area contributed by atoms with Crippen molar-refractivity contribution in [2.24, 2.45) is 5.73 Å². The Balaban J connectivity index is 1.60. The number of rotatable bonds is 3. The summed E-state index contributed by atoms with van der Waals surface area (Å²) in [4.78, 5) is 16.7. The van der Waals surface area contributed by atoms with Crippen molar-refractivity contribution in [3.8, 4) is 11.5 Å². The number of nitrogens with zero attached hydrogens (tertiary/aromatic N) is 2. The van der Waals surface area contributed by atoms with Crippen LogP contribution in [0, 0.1) is 0 Å². The minimum atomic E-state index is -0.0225. The first-order chi connectivity index (χ1) is 12.6. The first kappa shape index (κ1) is 17.4. The van der Waals surface area contributed by atoms with Gasteiger partial charge in [-0.25, -0.2) is 0 Å². The molecule has 1 fully saturated rings. The molecule has 1 aromatic carbocycles. The zero-order valence-electron chi connectivity index (χ0n) is 15.5. The predicted octanol–water partition coefficient (Wildman–Crippen LogP) is 1.49. The van der Waals surface area contributed by atoms with E-state index in [0.717, 1.165) is 50.4 Å². The first-order valence-corrected chi connectivity index (χ1v) is 9.34. The molecule has 1 saturated heterocycles. The molecule has 3 atom stereocenters. The highest BCUT2D eigenvalue weighted by atomic mass is 16.5. The largest absolute Gasteiger partial charge is 0.493 e. The van der Waals surface area contributed by atoms with Gasteiger partial charge in [-0.2, -0.15) is 0 Å². The standard InChI is InChI=1S/C20H27N3O3/c1-25-18-9-13-6-8-22-12-17(23-7-4-3-5-20(23)24)15(21)11-16(22)14(13)10-19(18)26-2/h3,5,9-10,15-17H,4,6-8,11-12,21H2,1-2H3/t15-,16-,17-/m0/s1. The summed E-state index contributed by atoms with van der Waals surface area (Å²) in [6, 6.07) is 4.55. The average molecular weight is 357 g/mol. The maximum Gasteiger partial charge on any atom is 0.246 e. The molecule has 6 heteroatoms. The highest BCUT2D eigenvalue weighted by Gasteiger charge is 2.41. The van der Waals surface area contributed by atoms with Crippen molar-refractivity contribution in [1.82, 2.24) is 9.80 Å². The highest BCUT2D eigenvalue weighted by molar-refractivity contribution is 5.88. The van der Waals surface area contributed by atoms with Gasteiger partial charge in [-0.1, -0.05) is 6.08 Å². The quantitative estimate of drug-likeness (QED) is 0.888. The molecule has 0 saturated carbocycles. The van der Waals surface area contributed by atoms with Crippen molar-refractivity contribution in [1.29, 1.82) is 0 Å². The van der Waals surface area contributed by atoms with E-state index >= 15 is 0 Å². The van der Waals surface area contributed by atoms with Gasteiger partial charge in [-0.15, -0.1) is 0 Å². The van der Waals surface area contributed by atoms with E-state index in [0.29, 0.717) is 0 Å². The van der Waals surface area contributed by atoms with Gasteiger partial charge >= 0.3 is 0 Å². The second-order valence-corrected chi connectivity index (χ2v) is 7.36. The number of fused-ring (bicyclic) bond motifs is 3. The lowest BCUT2D eigenvalue weighted by Crippen LogP contribution is -2.61. The molecule has 4 rings (SSSR count). The van der Waals surface area contributed by atoms with Crippen LogP contribution in [0.3, 0.4) is 0 Å².